The summed E-state index contributed by atoms with van der Waals surface area (Å²) in [5.74, 6) is -1.21. The molecule has 2 amide bonds. The molecule has 2 aromatic rings. The highest BCUT2D eigenvalue weighted by Gasteiger charge is 2.18. The van der Waals surface area contributed by atoms with Gasteiger partial charge in [0.1, 0.15) is 6.04 Å². The molecule has 28 heavy (non-hydrogen) atoms. The molecule has 2 rings (SSSR count). The van der Waals surface area contributed by atoms with E-state index in [0.717, 1.165) is 5.56 Å². The molecule has 0 saturated carbocycles. The van der Waals surface area contributed by atoms with E-state index in [1.807, 2.05) is 30.3 Å². The zero-order valence-corrected chi connectivity index (χ0v) is 16.0. The number of amides is 2. The second-order valence-corrected chi connectivity index (χ2v) is 6.31. The summed E-state index contributed by atoms with van der Waals surface area (Å²) >= 11 is 0. The standard InChI is InChI=1S/C21H25N3O4/c1-3-28-21(27)14(2)23-19(25)16-9-11-17(12-10-16)24-20(26)18(22)13-15-7-5-4-6-8-15/h4-12,14,18H,3,13,22H2,1-2H3,(H,23,25)(H,24,26)/t14?,18-/m0/s1. The molecule has 2 aromatic carbocycles. The van der Waals surface area contributed by atoms with Crippen LogP contribution in [-0.4, -0.2) is 36.5 Å². The Morgan fingerprint density at radius 1 is 1.04 bits per heavy atom. The monoisotopic (exact) mass is 383 g/mol. The molecule has 0 heterocycles. The van der Waals surface area contributed by atoms with Gasteiger partial charge in [-0.1, -0.05) is 30.3 Å². The Labute approximate surface area is 164 Å². The molecular weight excluding hydrogens is 358 g/mol. The highest BCUT2D eigenvalue weighted by molar-refractivity contribution is 5.98. The van der Waals surface area contributed by atoms with Crippen LogP contribution in [0.1, 0.15) is 29.8 Å². The Hall–Kier alpha value is -3.19. The molecule has 0 saturated heterocycles. The lowest BCUT2D eigenvalue weighted by Gasteiger charge is -2.14. The van der Waals surface area contributed by atoms with Crippen LogP contribution in [0.3, 0.4) is 0 Å². The third-order valence-corrected chi connectivity index (χ3v) is 4.04. The van der Waals surface area contributed by atoms with E-state index in [1.54, 1.807) is 38.1 Å². The number of esters is 1. The Bertz CT molecular complexity index is 806. The Balaban J connectivity index is 1.90. The van der Waals surface area contributed by atoms with Crippen molar-refractivity contribution in [3.63, 3.8) is 0 Å². The van der Waals surface area contributed by atoms with Crippen molar-refractivity contribution < 1.29 is 19.1 Å². The molecule has 0 radical (unpaired) electrons. The van der Waals surface area contributed by atoms with Crippen LogP contribution in [-0.2, 0) is 20.7 Å². The van der Waals surface area contributed by atoms with Gasteiger partial charge in [-0.15, -0.1) is 0 Å². The lowest BCUT2D eigenvalue weighted by Crippen LogP contribution is -2.39. The van der Waals surface area contributed by atoms with Crippen LogP contribution in [0.2, 0.25) is 0 Å². The lowest BCUT2D eigenvalue weighted by molar-refractivity contribution is -0.144. The van der Waals surface area contributed by atoms with Crippen molar-refractivity contribution in [3.8, 4) is 0 Å². The number of rotatable bonds is 8. The molecule has 0 aliphatic heterocycles. The van der Waals surface area contributed by atoms with Crippen molar-refractivity contribution in [2.75, 3.05) is 11.9 Å². The minimum Gasteiger partial charge on any atom is -0.464 e. The summed E-state index contributed by atoms with van der Waals surface area (Å²) in [7, 11) is 0. The highest BCUT2D eigenvalue weighted by atomic mass is 16.5. The molecule has 0 fully saturated rings. The van der Waals surface area contributed by atoms with Gasteiger partial charge in [0.25, 0.3) is 5.91 Å². The zero-order chi connectivity index (χ0) is 20.5. The van der Waals surface area contributed by atoms with E-state index in [9.17, 15) is 14.4 Å². The fourth-order valence-electron chi connectivity index (χ4n) is 2.51. The maximum atomic E-state index is 12.3. The molecule has 148 valence electrons. The van der Waals surface area contributed by atoms with Gasteiger partial charge in [0.05, 0.1) is 12.6 Å². The van der Waals surface area contributed by atoms with Crippen LogP contribution in [0.15, 0.2) is 54.6 Å². The van der Waals surface area contributed by atoms with Gasteiger partial charge in [-0.05, 0) is 50.1 Å². The molecule has 1 unspecified atom stereocenters. The molecule has 0 aliphatic carbocycles. The topological polar surface area (TPSA) is 111 Å². The second-order valence-electron chi connectivity index (χ2n) is 6.31. The number of anilines is 1. The number of ether oxygens (including phenoxy) is 1. The van der Waals surface area contributed by atoms with Crippen molar-refractivity contribution in [1.82, 2.24) is 5.32 Å². The van der Waals surface area contributed by atoms with Gasteiger partial charge in [0.2, 0.25) is 5.91 Å². The fraction of sp³-hybridized carbons (Fsp3) is 0.286. The van der Waals surface area contributed by atoms with Gasteiger partial charge in [-0.25, -0.2) is 4.79 Å². The molecule has 2 atom stereocenters. The van der Waals surface area contributed by atoms with E-state index >= 15 is 0 Å². The van der Waals surface area contributed by atoms with Gasteiger partial charge < -0.3 is 21.1 Å². The number of nitrogens with two attached hydrogens (primary N) is 1. The van der Waals surface area contributed by atoms with Gasteiger partial charge in [0.15, 0.2) is 0 Å². The average molecular weight is 383 g/mol. The van der Waals surface area contributed by atoms with Crippen LogP contribution in [0.25, 0.3) is 0 Å². The molecule has 7 nitrogen and oxygen atoms in total. The predicted octanol–water partition coefficient (Wildman–Crippen LogP) is 1.88. The maximum absolute atomic E-state index is 12.3. The molecule has 0 aromatic heterocycles. The Kier molecular flexibility index (Phi) is 7.71. The van der Waals surface area contributed by atoms with E-state index in [1.165, 1.54) is 0 Å². The highest BCUT2D eigenvalue weighted by Crippen LogP contribution is 2.11. The second kappa shape index (κ2) is 10.2. The Morgan fingerprint density at radius 2 is 1.68 bits per heavy atom. The van der Waals surface area contributed by atoms with Crippen molar-refractivity contribution in [2.24, 2.45) is 5.73 Å². The number of hydrogen-bond acceptors (Lipinski definition) is 5. The third-order valence-electron chi connectivity index (χ3n) is 4.04. The lowest BCUT2D eigenvalue weighted by atomic mass is 10.1. The molecule has 0 bridgehead atoms. The first-order chi connectivity index (χ1) is 13.4. The summed E-state index contributed by atoms with van der Waals surface area (Å²) in [6, 6.07) is 14.4. The minimum absolute atomic E-state index is 0.250. The number of carbonyl (C=O) groups excluding carboxylic acids is 3. The van der Waals surface area contributed by atoms with E-state index in [0.29, 0.717) is 17.7 Å². The van der Waals surface area contributed by atoms with Crippen molar-refractivity contribution >= 4 is 23.5 Å². The van der Waals surface area contributed by atoms with Crippen LogP contribution in [0, 0.1) is 0 Å². The minimum atomic E-state index is -0.747. The summed E-state index contributed by atoms with van der Waals surface area (Å²) in [6.45, 7) is 3.50. The first-order valence-electron chi connectivity index (χ1n) is 9.08. The fourth-order valence-corrected chi connectivity index (χ4v) is 2.51. The van der Waals surface area contributed by atoms with Crippen LogP contribution in [0.4, 0.5) is 5.69 Å². The van der Waals surface area contributed by atoms with Gasteiger partial charge >= 0.3 is 5.97 Å². The summed E-state index contributed by atoms with van der Waals surface area (Å²) in [5, 5.41) is 5.30. The zero-order valence-electron chi connectivity index (χ0n) is 16.0. The van der Waals surface area contributed by atoms with Gasteiger partial charge in [-0.3, -0.25) is 9.59 Å². The van der Waals surface area contributed by atoms with E-state index in [4.69, 9.17) is 10.5 Å². The SMILES string of the molecule is CCOC(=O)C(C)NC(=O)c1ccc(NC(=O)[C@@H](N)Cc2ccccc2)cc1. The van der Waals surface area contributed by atoms with E-state index < -0.39 is 24.0 Å². The third kappa shape index (κ3) is 6.21. The van der Waals surface area contributed by atoms with Crippen molar-refractivity contribution in [3.05, 3.63) is 65.7 Å². The first-order valence-corrected chi connectivity index (χ1v) is 9.08. The molecular formula is C21H25N3O4. The smallest absolute Gasteiger partial charge is 0.328 e. The number of hydrogen-bond donors (Lipinski definition) is 3. The molecule has 7 heteroatoms. The Morgan fingerprint density at radius 3 is 2.29 bits per heavy atom. The predicted molar refractivity (Wildman–Crippen MR) is 107 cm³/mol. The quantitative estimate of drug-likeness (QED) is 0.603. The van der Waals surface area contributed by atoms with E-state index in [2.05, 4.69) is 10.6 Å². The van der Waals surface area contributed by atoms with Crippen molar-refractivity contribution in [1.29, 1.82) is 0 Å². The summed E-state index contributed by atoms with van der Waals surface area (Å²) < 4.78 is 4.86. The average Bonchev–Trinajstić information content (AvgIpc) is 2.69. The molecule has 0 aliphatic rings. The van der Waals surface area contributed by atoms with E-state index in [-0.39, 0.29) is 12.5 Å². The summed E-state index contributed by atoms with van der Waals surface area (Å²) in [5.41, 5.74) is 7.84. The van der Waals surface area contributed by atoms with Gasteiger partial charge in [0, 0.05) is 11.3 Å². The number of carbonyl (C=O) groups is 3. The number of benzene rings is 2. The van der Waals surface area contributed by atoms with Crippen LogP contribution in [0.5, 0.6) is 0 Å². The summed E-state index contributed by atoms with van der Waals surface area (Å²) in [4.78, 5) is 36.0. The first kappa shape index (κ1) is 21.1. The molecule has 4 N–H and O–H groups in total. The number of nitrogens with one attached hydrogen (secondary N) is 2. The van der Waals surface area contributed by atoms with Crippen LogP contribution < -0.4 is 16.4 Å². The molecule has 0 spiro atoms. The normalized spacial score (nSPS) is 12.5. The maximum Gasteiger partial charge on any atom is 0.328 e. The summed E-state index contributed by atoms with van der Waals surface area (Å²) in [6.07, 6.45) is 0.429. The van der Waals surface area contributed by atoms with Gasteiger partial charge in [-0.2, -0.15) is 0 Å². The van der Waals surface area contributed by atoms with Crippen molar-refractivity contribution in [2.45, 2.75) is 32.4 Å². The largest absolute Gasteiger partial charge is 0.464 e. The van der Waals surface area contributed by atoms with Crippen LogP contribution >= 0.6 is 0 Å².